The van der Waals surface area contributed by atoms with Crippen molar-refractivity contribution in [3.8, 4) is 11.5 Å². The van der Waals surface area contributed by atoms with E-state index in [2.05, 4.69) is 9.99 Å². The van der Waals surface area contributed by atoms with Gasteiger partial charge in [-0.2, -0.15) is 0 Å². The number of nitro benzene ring substituents is 2. The Morgan fingerprint density at radius 2 is 1.74 bits per heavy atom. The molecule has 0 aromatic heterocycles. The molecule has 0 atom stereocenters. The lowest BCUT2D eigenvalue weighted by molar-refractivity contribution is -0.394. The fraction of sp³-hybridized carbons (Fsp3) is 0.0714. The molecular weight excluding hydrogens is 306 g/mol. The summed E-state index contributed by atoms with van der Waals surface area (Å²) in [4.78, 5) is 24.8. The zero-order chi connectivity index (χ0) is 16.8. The fourth-order valence-electron chi connectivity index (χ4n) is 1.71. The maximum absolute atomic E-state index is 11.0. The molecule has 0 bridgehead atoms. The van der Waals surface area contributed by atoms with E-state index >= 15 is 0 Å². The lowest BCUT2D eigenvalue weighted by Gasteiger charge is -2.06. The summed E-state index contributed by atoms with van der Waals surface area (Å²) in [7, 11) is 1.42. The smallest absolute Gasteiger partial charge is 0.318 e. The Balaban J connectivity index is 2.27. The quantitative estimate of drug-likeness (QED) is 0.458. The zero-order valence-corrected chi connectivity index (χ0v) is 11.9. The Morgan fingerprint density at radius 3 is 2.30 bits per heavy atom. The van der Waals surface area contributed by atoms with Crippen molar-refractivity contribution >= 4 is 17.6 Å². The van der Waals surface area contributed by atoms with E-state index in [1.807, 2.05) is 0 Å². The van der Waals surface area contributed by atoms with Crippen molar-refractivity contribution in [1.82, 2.24) is 0 Å². The van der Waals surface area contributed by atoms with Gasteiger partial charge in [0.2, 0.25) is 5.75 Å². The van der Waals surface area contributed by atoms with Gasteiger partial charge in [-0.15, -0.1) is 0 Å². The van der Waals surface area contributed by atoms with E-state index in [-0.39, 0.29) is 11.4 Å². The van der Waals surface area contributed by atoms with Gasteiger partial charge in [-0.3, -0.25) is 20.2 Å². The highest BCUT2D eigenvalue weighted by Crippen LogP contribution is 2.34. The first-order valence-electron chi connectivity index (χ1n) is 6.28. The number of nitro groups is 2. The summed E-state index contributed by atoms with van der Waals surface area (Å²) in [6.45, 7) is 0. The molecule has 0 aliphatic rings. The number of rotatable bonds is 6. The highest BCUT2D eigenvalue weighted by Gasteiger charge is 2.21. The molecule has 9 nitrogen and oxygen atoms in total. The Hall–Kier alpha value is -3.49. The summed E-state index contributed by atoms with van der Waals surface area (Å²) in [5.74, 6) is 0.260. The van der Waals surface area contributed by atoms with Gasteiger partial charge in [-0.05, 0) is 35.9 Å². The largest absolute Gasteiger partial charge is 0.450 e. The normalized spacial score (nSPS) is 10.5. The predicted octanol–water partition coefficient (Wildman–Crippen LogP) is 3.28. The summed E-state index contributed by atoms with van der Waals surface area (Å²) in [5.41, 5.74) is -0.114. The maximum Gasteiger partial charge on any atom is 0.318 e. The van der Waals surface area contributed by atoms with Crippen LogP contribution < -0.4 is 4.74 Å². The molecule has 0 heterocycles. The van der Waals surface area contributed by atoms with Crippen molar-refractivity contribution in [3.05, 3.63) is 68.3 Å². The van der Waals surface area contributed by atoms with Crippen molar-refractivity contribution in [3.63, 3.8) is 0 Å². The topological polar surface area (TPSA) is 117 Å². The SMILES string of the molecule is CO/N=C/c1ccc(Oc2ccc([N+](=O)[O-])cc2[N+](=O)[O-])cc1. The molecule has 23 heavy (non-hydrogen) atoms. The van der Waals surface area contributed by atoms with Crippen LogP contribution in [0.4, 0.5) is 11.4 Å². The second kappa shape index (κ2) is 6.98. The first-order chi connectivity index (χ1) is 11.0. The van der Waals surface area contributed by atoms with E-state index in [0.717, 1.165) is 17.7 Å². The summed E-state index contributed by atoms with van der Waals surface area (Å²) in [6.07, 6.45) is 1.48. The minimum absolute atomic E-state index is 0.0843. The zero-order valence-electron chi connectivity index (χ0n) is 11.9. The highest BCUT2D eigenvalue weighted by molar-refractivity contribution is 5.79. The van der Waals surface area contributed by atoms with E-state index in [0.29, 0.717) is 5.75 Å². The van der Waals surface area contributed by atoms with Gasteiger partial charge in [0.05, 0.1) is 22.1 Å². The van der Waals surface area contributed by atoms with Gasteiger partial charge in [0.15, 0.2) is 0 Å². The second-order valence-electron chi connectivity index (χ2n) is 4.25. The van der Waals surface area contributed by atoms with E-state index in [1.165, 1.54) is 19.4 Å². The molecule has 0 fully saturated rings. The van der Waals surface area contributed by atoms with Gasteiger partial charge in [0.1, 0.15) is 12.9 Å². The van der Waals surface area contributed by atoms with Gasteiger partial charge in [-0.25, -0.2) is 0 Å². The van der Waals surface area contributed by atoms with Crippen LogP contribution in [0.1, 0.15) is 5.56 Å². The fourth-order valence-corrected chi connectivity index (χ4v) is 1.71. The number of nitrogens with zero attached hydrogens (tertiary/aromatic N) is 3. The van der Waals surface area contributed by atoms with Gasteiger partial charge in [-0.1, -0.05) is 5.16 Å². The number of oxime groups is 1. The molecule has 0 N–H and O–H groups in total. The predicted molar refractivity (Wildman–Crippen MR) is 80.9 cm³/mol. The van der Waals surface area contributed by atoms with E-state index < -0.39 is 15.5 Å². The Kier molecular flexibility index (Phi) is 4.82. The van der Waals surface area contributed by atoms with Crippen LogP contribution in [0.15, 0.2) is 47.6 Å². The second-order valence-corrected chi connectivity index (χ2v) is 4.25. The van der Waals surface area contributed by atoms with Crippen molar-refractivity contribution in [1.29, 1.82) is 0 Å². The molecule has 0 saturated carbocycles. The molecule has 0 amide bonds. The van der Waals surface area contributed by atoms with Gasteiger partial charge in [0.25, 0.3) is 5.69 Å². The Morgan fingerprint density at radius 1 is 1.04 bits per heavy atom. The summed E-state index contributed by atoms with van der Waals surface area (Å²) in [5, 5.41) is 25.3. The number of hydrogen-bond donors (Lipinski definition) is 0. The lowest BCUT2D eigenvalue weighted by Crippen LogP contribution is -1.96. The number of ether oxygens (including phenoxy) is 1. The van der Waals surface area contributed by atoms with Crippen LogP contribution in [0.3, 0.4) is 0 Å². The van der Waals surface area contributed by atoms with E-state index in [4.69, 9.17) is 4.74 Å². The first-order valence-corrected chi connectivity index (χ1v) is 6.28. The van der Waals surface area contributed by atoms with Crippen LogP contribution in [0.25, 0.3) is 0 Å². The van der Waals surface area contributed by atoms with Crippen LogP contribution >= 0.6 is 0 Å². The Bertz CT molecular complexity index is 758. The van der Waals surface area contributed by atoms with Crippen LogP contribution in [0.5, 0.6) is 11.5 Å². The summed E-state index contributed by atoms with van der Waals surface area (Å²) < 4.78 is 5.42. The average molecular weight is 317 g/mol. The first kappa shape index (κ1) is 15.9. The minimum atomic E-state index is -0.734. The van der Waals surface area contributed by atoms with Crippen molar-refractivity contribution in [2.45, 2.75) is 0 Å². The molecule has 2 aromatic carbocycles. The average Bonchev–Trinajstić information content (AvgIpc) is 2.54. The van der Waals surface area contributed by atoms with E-state index in [1.54, 1.807) is 24.3 Å². The number of hydrogen-bond acceptors (Lipinski definition) is 7. The number of benzene rings is 2. The molecule has 0 aliphatic carbocycles. The van der Waals surface area contributed by atoms with Crippen molar-refractivity contribution in [2.24, 2.45) is 5.16 Å². The third-order valence-corrected chi connectivity index (χ3v) is 2.77. The number of non-ortho nitro benzene ring substituents is 1. The lowest BCUT2D eigenvalue weighted by atomic mass is 10.2. The van der Waals surface area contributed by atoms with Gasteiger partial charge < -0.3 is 9.57 Å². The van der Waals surface area contributed by atoms with Crippen LogP contribution in [0.2, 0.25) is 0 Å². The van der Waals surface area contributed by atoms with Crippen molar-refractivity contribution in [2.75, 3.05) is 7.11 Å². The van der Waals surface area contributed by atoms with E-state index in [9.17, 15) is 20.2 Å². The third kappa shape index (κ3) is 4.00. The van der Waals surface area contributed by atoms with Crippen molar-refractivity contribution < 1.29 is 19.4 Å². The molecule has 0 spiro atoms. The van der Waals surface area contributed by atoms with Crippen LogP contribution in [-0.4, -0.2) is 23.2 Å². The van der Waals surface area contributed by atoms with Crippen LogP contribution in [-0.2, 0) is 4.84 Å². The summed E-state index contributed by atoms with van der Waals surface area (Å²) in [6, 6.07) is 9.71. The standard InChI is InChI=1S/C14H11N3O6/c1-22-15-9-10-2-5-12(6-3-10)23-14-7-4-11(16(18)19)8-13(14)17(20)21/h2-9H,1H3/b15-9+. The van der Waals surface area contributed by atoms with Gasteiger partial charge >= 0.3 is 5.69 Å². The van der Waals surface area contributed by atoms with Gasteiger partial charge in [0, 0.05) is 6.07 Å². The third-order valence-electron chi connectivity index (χ3n) is 2.77. The molecule has 0 radical (unpaired) electrons. The molecular formula is C14H11N3O6. The molecule has 9 heteroatoms. The minimum Gasteiger partial charge on any atom is -0.450 e. The molecule has 2 aromatic rings. The van der Waals surface area contributed by atoms with Crippen LogP contribution in [0, 0.1) is 20.2 Å². The Labute approximate surface area is 130 Å². The highest BCUT2D eigenvalue weighted by atomic mass is 16.6. The molecule has 118 valence electrons. The monoisotopic (exact) mass is 317 g/mol. The maximum atomic E-state index is 11.0. The summed E-state index contributed by atoms with van der Waals surface area (Å²) >= 11 is 0. The molecule has 0 unspecified atom stereocenters. The molecule has 2 rings (SSSR count). The molecule has 0 saturated heterocycles. The molecule has 0 aliphatic heterocycles.